The summed E-state index contributed by atoms with van der Waals surface area (Å²) in [4.78, 5) is 27.3. The van der Waals surface area contributed by atoms with E-state index in [2.05, 4.69) is 0 Å². The van der Waals surface area contributed by atoms with Crippen LogP contribution in [0.4, 0.5) is 0 Å². The Balaban J connectivity index is 1.45. The number of rotatable bonds is 15. The van der Waals surface area contributed by atoms with E-state index in [9.17, 15) is 14.7 Å². The van der Waals surface area contributed by atoms with E-state index in [-0.39, 0.29) is 54.6 Å². The smallest absolute Gasteiger partial charge is 0.335 e. The van der Waals surface area contributed by atoms with Gasteiger partial charge in [0.25, 0.3) is 0 Å². The fourth-order valence-corrected chi connectivity index (χ4v) is 5.21. The van der Waals surface area contributed by atoms with E-state index in [1.807, 2.05) is 121 Å². The molecule has 6 rings (SSSR count). The molecule has 0 aromatic heterocycles. The van der Waals surface area contributed by atoms with Crippen molar-refractivity contribution in [3.63, 3.8) is 0 Å². The molecule has 1 N–H and O–H groups in total. The average molecular weight is 651 g/mol. The maximum Gasteiger partial charge on any atom is 0.335 e. The molecule has 0 spiro atoms. The highest BCUT2D eigenvalue weighted by Crippen LogP contribution is 2.39. The number of carboxylic acid groups (broad SMARTS) is 1. The van der Waals surface area contributed by atoms with E-state index in [1.165, 1.54) is 12.1 Å². The summed E-state index contributed by atoms with van der Waals surface area (Å²) in [5.74, 6) is -0.983. The largest absolute Gasteiger partial charge is 0.488 e. The molecule has 0 heterocycles. The molecule has 6 aromatic rings. The maximum absolute atomic E-state index is 15.0. The third kappa shape index (κ3) is 8.53. The molecule has 0 saturated carbocycles. The standard InChI is InChI=1S/C42H34O7/c43-41(39-35(46-26-30-14-5-1-6-15-30)22-13-23-36(39)47-27-31-16-7-2-8-17-31)40-37(48-28-32-18-9-3-10-19-32)24-34(42(44)45)25-38(40)49-29-33-20-11-4-12-21-33/h1-25H,26-29H2,(H,44,45). The minimum absolute atomic E-state index is 0.0529. The second kappa shape index (κ2) is 16.0. The Bertz CT molecular complexity index is 1870. The highest BCUT2D eigenvalue weighted by molar-refractivity contribution is 6.16. The van der Waals surface area contributed by atoms with Crippen LogP contribution >= 0.6 is 0 Å². The molecular weight excluding hydrogens is 616 g/mol. The molecular formula is C42H34O7. The molecule has 7 heteroatoms. The van der Waals surface area contributed by atoms with Gasteiger partial charge >= 0.3 is 5.97 Å². The Morgan fingerprint density at radius 1 is 0.408 bits per heavy atom. The van der Waals surface area contributed by atoms with Crippen LogP contribution in [0.5, 0.6) is 23.0 Å². The van der Waals surface area contributed by atoms with Crippen molar-refractivity contribution in [1.29, 1.82) is 0 Å². The summed E-state index contributed by atoms with van der Waals surface area (Å²) in [6, 6.07) is 46.0. The first-order valence-corrected chi connectivity index (χ1v) is 15.8. The maximum atomic E-state index is 15.0. The molecule has 49 heavy (non-hydrogen) atoms. The van der Waals surface area contributed by atoms with Gasteiger partial charge in [-0.2, -0.15) is 0 Å². The fraction of sp³-hybridized carbons (Fsp3) is 0.0952. The summed E-state index contributed by atoms with van der Waals surface area (Å²) in [5.41, 5.74) is 3.64. The number of carboxylic acids is 1. The van der Waals surface area contributed by atoms with Gasteiger partial charge in [-0.05, 0) is 46.5 Å². The summed E-state index contributed by atoms with van der Waals surface area (Å²) >= 11 is 0. The number of carbonyl (C=O) groups is 2. The van der Waals surface area contributed by atoms with Crippen LogP contribution in [0.15, 0.2) is 152 Å². The van der Waals surface area contributed by atoms with E-state index in [1.54, 1.807) is 18.2 Å². The molecule has 0 atom stereocenters. The number of hydrogen-bond acceptors (Lipinski definition) is 6. The van der Waals surface area contributed by atoms with E-state index in [4.69, 9.17) is 18.9 Å². The first-order chi connectivity index (χ1) is 24.0. The predicted octanol–water partition coefficient (Wildman–Crippen LogP) is 8.93. The van der Waals surface area contributed by atoms with Crippen LogP contribution in [0.1, 0.15) is 48.5 Å². The minimum atomic E-state index is -1.19. The molecule has 0 saturated heterocycles. The Labute approximate surface area is 284 Å². The topological polar surface area (TPSA) is 91.3 Å². The van der Waals surface area contributed by atoms with Crippen LogP contribution in [0, 0.1) is 0 Å². The number of hydrogen-bond donors (Lipinski definition) is 1. The van der Waals surface area contributed by atoms with Gasteiger partial charge in [0.1, 0.15) is 60.6 Å². The molecule has 0 aliphatic carbocycles. The summed E-state index contributed by atoms with van der Waals surface area (Å²) in [5, 5.41) is 10.1. The highest BCUT2D eigenvalue weighted by Gasteiger charge is 2.29. The van der Waals surface area contributed by atoms with Crippen LogP contribution in [0.2, 0.25) is 0 Å². The number of ketones is 1. The first-order valence-electron chi connectivity index (χ1n) is 15.8. The van der Waals surface area contributed by atoms with Gasteiger partial charge in [-0.15, -0.1) is 0 Å². The average Bonchev–Trinajstić information content (AvgIpc) is 3.15. The first kappa shape index (κ1) is 32.6. The Morgan fingerprint density at radius 2 is 0.714 bits per heavy atom. The van der Waals surface area contributed by atoms with Gasteiger partial charge in [0.15, 0.2) is 0 Å². The lowest BCUT2D eigenvalue weighted by Crippen LogP contribution is -2.14. The van der Waals surface area contributed by atoms with Gasteiger partial charge < -0.3 is 24.1 Å². The van der Waals surface area contributed by atoms with Gasteiger partial charge in [-0.25, -0.2) is 4.79 Å². The predicted molar refractivity (Wildman–Crippen MR) is 186 cm³/mol. The van der Waals surface area contributed by atoms with Crippen LogP contribution in [-0.2, 0) is 26.4 Å². The van der Waals surface area contributed by atoms with Crippen LogP contribution in [-0.4, -0.2) is 16.9 Å². The van der Waals surface area contributed by atoms with Crippen molar-refractivity contribution in [3.8, 4) is 23.0 Å². The van der Waals surface area contributed by atoms with Crippen molar-refractivity contribution in [2.75, 3.05) is 0 Å². The van der Waals surface area contributed by atoms with E-state index in [0.29, 0.717) is 11.5 Å². The summed E-state index contributed by atoms with van der Waals surface area (Å²) in [6.45, 7) is 0.587. The highest BCUT2D eigenvalue weighted by atomic mass is 16.5. The number of aromatic carboxylic acids is 1. The molecule has 0 aliphatic heterocycles. The van der Waals surface area contributed by atoms with E-state index < -0.39 is 11.8 Å². The SMILES string of the molecule is O=C(O)c1cc(OCc2ccccc2)c(C(=O)c2c(OCc3ccccc3)cccc2OCc2ccccc2)c(OCc2ccccc2)c1. The summed E-state index contributed by atoms with van der Waals surface area (Å²) in [6.07, 6.45) is 0. The molecule has 244 valence electrons. The van der Waals surface area contributed by atoms with Crippen molar-refractivity contribution in [2.45, 2.75) is 26.4 Å². The zero-order chi connectivity index (χ0) is 33.8. The molecule has 7 nitrogen and oxygen atoms in total. The second-order valence-electron chi connectivity index (χ2n) is 11.2. The Morgan fingerprint density at radius 3 is 1.04 bits per heavy atom. The molecule has 0 aliphatic rings. The number of ether oxygens (including phenoxy) is 4. The lowest BCUT2D eigenvalue weighted by Gasteiger charge is -2.20. The van der Waals surface area contributed by atoms with Crippen molar-refractivity contribution < 1.29 is 33.6 Å². The Kier molecular flexibility index (Phi) is 10.6. The zero-order valence-electron chi connectivity index (χ0n) is 26.7. The number of carbonyl (C=O) groups excluding carboxylic acids is 1. The third-order valence-electron chi connectivity index (χ3n) is 7.70. The summed E-state index contributed by atoms with van der Waals surface area (Å²) in [7, 11) is 0. The quantitative estimate of drug-likeness (QED) is 0.111. The van der Waals surface area contributed by atoms with Gasteiger partial charge in [-0.1, -0.05) is 127 Å². The lowest BCUT2D eigenvalue weighted by molar-refractivity contribution is 0.0695. The second-order valence-corrected chi connectivity index (χ2v) is 11.2. The Hall–Kier alpha value is -6.34. The monoisotopic (exact) mass is 650 g/mol. The van der Waals surface area contributed by atoms with Gasteiger partial charge in [0.05, 0.1) is 5.56 Å². The van der Waals surface area contributed by atoms with Crippen LogP contribution < -0.4 is 18.9 Å². The molecule has 6 aromatic carbocycles. The van der Waals surface area contributed by atoms with Gasteiger partial charge in [-0.3, -0.25) is 4.79 Å². The minimum Gasteiger partial charge on any atom is -0.488 e. The number of benzene rings is 6. The van der Waals surface area contributed by atoms with Gasteiger partial charge in [0, 0.05) is 0 Å². The molecule has 0 radical (unpaired) electrons. The third-order valence-corrected chi connectivity index (χ3v) is 7.70. The fourth-order valence-electron chi connectivity index (χ4n) is 5.21. The molecule has 0 bridgehead atoms. The van der Waals surface area contributed by atoms with Crippen molar-refractivity contribution in [1.82, 2.24) is 0 Å². The van der Waals surface area contributed by atoms with Crippen molar-refractivity contribution in [3.05, 3.63) is 191 Å². The van der Waals surface area contributed by atoms with E-state index in [0.717, 1.165) is 22.3 Å². The summed E-state index contributed by atoms with van der Waals surface area (Å²) < 4.78 is 25.0. The molecule has 0 fully saturated rings. The zero-order valence-corrected chi connectivity index (χ0v) is 26.7. The normalized spacial score (nSPS) is 10.6. The van der Waals surface area contributed by atoms with Crippen LogP contribution in [0.25, 0.3) is 0 Å². The van der Waals surface area contributed by atoms with Crippen LogP contribution in [0.3, 0.4) is 0 Å². The van der Waals surface area contributed by atoms with E-state index >= 15 is 0 Å². The van der Waals surface area contributed by atoms with Gasteiger partial charge in [0.2, 0.25) is 5.78 Å². The molecule has 0 amide bonds. The molecule has 0 unspecified atom stereocenters. The lowest BCUT2D eigenvalue weighted by atomic mass is 9.97. The van der Waals surface area contributed by atoms with Crippen molar-refractivity contribution >= 4 is 11.8 Å². The van der Waals surface area contributed by atoms with Crippen molar-refractivity contribution in [2.24, 2.45) is 0 Å².